The van der Waals surface area contributed by atoms with Crippen LogP contribution in [-0.2, 0) is 16.1 Å². The van der Waals surface area contributed by atoms with Gasteiger partial charge in [-0.3, -0.25) is 9.59 Å². The number of rotatable bonds is 5. The molecule has 2 amide bonds. The third-order valence-electron chi connectivity index (χ3n) is 4.71. The van der Waals surface area contributed by atoms with Crippen molar-refractivity contribution in [3.8, 4) is 0 Å². The molecule has 150 valence electrons. The van der Waals surface area contributed by atoms with Crippen LogP contribution in [-0.4, -0.2) is 65.8 Å². The molecule has 1 aliphatic heterocycles. The lowest BCUT2D eigenvalue weighted by molar-refractivity contribution is -0.141. The molecule has 0 unspecified atom stereocenters. The number of ether oxygens (including phenoxy) is 1. The molecule has 1 aromatic heterocycles. The van der Waals surface area contributed by atoms with Crippen molar-refractivity contribution in [3.63, 3.8) is 0 Å². The van der Waals surface area contributed by atoms with Gasteiger partial charge < -0.3 is 24.4 Å². The summed E-state index contributed by atoms with van der Waals surface area (Å²) in [6.07, 6.45) is 0. The van der Waals surface area contributed by atoms with Gasteiger partial charge in [0.05, 0.1) is 17.6 Å². The summed E-state index contributed by atoms with van der Waals surface area (Å²) < 4.78 is 6.52. The van der Waals surface area contributed by atoms with Crippen molar-refractivity contribution in [2.75, 3.05) is 44.2 Å². The van der Waals surface area contributed by atoms with Crippen LogP contribution in [0.5, 0.6) is 0 Å². The predicted molar refractivity (Wildman–Crippen MR) is 105 cm³/mol. The number of nitrogens with zero attached hydrogens (tertiary/aromatic N) is 4. The van der Waals surface area contributed by atoms with Gasteiger partial charge in [0.2, 0.25) is 0 Å². The summed E-state index contributed by atoms with van der Waals surface area (Å²) in [6.45, 7) is 6.21. The molecule has 0 radical (unpaired) electrons. The van der Waals surface area contributed by atoms with Crippen LogP contribution in [0.4, 0.5) is 10.6 Å². The molecule has 2 heterocycles. The number of piperazine rings is 1. The van der Waals surface area contributed by atoms with E-state index in [0.717, 1.165) is 11.0 Å². The first kappa shape index (κ1) is 19.7. The van der Waals surface area contributed by atoms with Crippen LogP contribution in [0.25, 0.3) is 11.0 Å². The molecule has 1 fully saturated rings. The number of para-hydroxylation sites is 2. The molecule has 1 aliphatic rings. The van der Waals surface area contributed by atoms with E-state index in [9.17, 15) is 14.4 Å². The first-order valence-corrected chi connectivity index (χ1v) is 9.48. The van der Waals surface area contributed by atoms with Crippen LogP contribution in [0.3, 0.4) is 0 Å². The summed E-state index contributed by atoms with van der Waals surface area (Å²) in [6, 6.07) is 7.26. The number of carbonyl (C=O) groups is 2. The Balaban J connectivity index is 1.68. The van der Waals surface area contributed by atoms with Gasteiger partial charge in [0, 0.05) is 32.7 Å². The number of nitrogens with one attached hydrogen (secondary N) is 1. The molecule has 1 N–H and O–H groups in total. The number of hydrogen-bond donors (Lipinski definition) is 1. The topological polar surface area (TPSA) is 96.8 Å². The molecule has 0 bridgehead atoms. The van der Waals surface area contributed by atoms with E-state index in [-0.39, 0.29) is 24.7 Å². The maximum absolute atomic E-state index is 12.9. The Kier molecular flexibility index (Phi) is 6.13. The van der Waals surface area contributed by atoms with E-state index in [0.29, 0.717) is 38.5 Å². The highest BCUT2D eigenvalue weighted by Gasteiger charge is 2.24. The number of amides is 2. The summed E-state index contributed by atoms with van der Waals surface area (Å²) in [5, 5.41) is 2.56. The number of aromatic nitrogens is 2. The van der Waals surface area contributed by atoms with Crippen molar-refractivity contribution < 1.29 is 14.3 Å². The number of hydrogen-bond acceptors (Lipinski definition) is 6. The van der Waals surface area contributed by atoms with Crippen molar-refractivity contribution in [3.05, 3.63) is 34.6 Å². The zero-order chi connectivity index (χ0) is 20.1. The van der Waals surface area contributed by atoms with Crippen molar-refractivity contribution in [1.29, 1.82) is 0 Å². The van der Waals surface area contributed by atoms with Gasteiger partial charge in [-0.2, -0.15) is 0 Å². The Hall–Kier alpha value is -3.10. The third kappa shape index (κ3) is 4.08. The van der Waals surface area contributed by atoms with Gasteiger partial charge in [0.1, 0.15) is 6.54 Å². The molecule has 0 spiro atoms. The first-order valence-electron chi connectivity index (χ1n) is 9.48. The largest absolute Gasteiger partial charge is 0.465 e. The third-order valence-corrected chi connectivity index (χ3v) is 4.71. The lowest BCUT2D eigenvalue weighted by atomic mass is 10.2. The quantitative estimate of drug-likeness (QED) is 0.763. The number of aryl methyl sites for hydroxylation is 1. The molecule has 0 saturated carbocycles. The minimum atomic E-state index is -0.463. The molecule has 1 saturated heterocycles. The number of benzene rings is 1. The van der Waals surface area contributed by atoms with Crippen LogP contribution < -0.4 is 15.8 Å². The summed E-state index contributed by atoms with van der Waals surface area (Å²) in [7, 11) is 0. The summed E-state index contributed by atoms with van der Waals surface area (Å²) in [4.78, 5) is 44.5. The highest BCUT2D eigenvalue weighted by molar-refractivity contribution is 5.81. The Bertz CT molecular complexity index is 918. The van der Waals surface area contributed by atoms with E-state index in [1.54, 1.807) is 16.4 Å². The van der Waals surface area contributed by atoms with Crippen LogP contribution in [0.15, 0.2) is 29.1 Å². The summed E-state index contributed by atoms with van der Waals surface area (Å²) in [5.41, 5.74) is 1.46. The fourth-order valence-electron chi connectivity index (χ4n) is 3.29. The fourth-order valence-corrected chi connectivity index (χ4v) is 3.29. The average molecular weight is 387 g/mol. The molecular weight excluding hydrogens is 362 g/mol. The molecule has 2 aromatic rings. The number of fused-ring (bicyclic) bond motifs is 1. The van der Waals surface area contributed by atoms with Crippen molar-refractivity contribution in [1.82, 2.24) is 19.8 Å². The van der Waals surface area contributed by atoms with E-state index in [1.807, 2.05) is 36.1 Å². The van der Waals surface area contributed by atoms with Gasteiger partial charge in [-0.05, 0) is 26.0 Å². The standard InChI is InChI=1S/C19H25N5O4/c1-3-24-15-8-6-5-7-14(15)21-17(18(24)26)22-9-11-23(12-10-22)19(27)20-13-16(25)28-4-2/h5-8H,3-4,9-13H2,1-2H3,(H,20,27). The van der Waals surface area contributed by atoms with Gasteiger partial charge in [0.25, 0.3) is 5.56 Å². The molecule has 9 nitrogen and oxygen atoms in total. The Morgan fingerprint density at radius 1 is 1.14 bits per heavy atom. The van der Waals surface area contributed by atoms with Gasteiger partial charge in [-0.15, -0.1) is 0 Å². The lowest BCUT2D eigenvalue weighted by Gasteiger charge is -2.35. The zero-order valence-electron chi connectivity index (χ0n) is 16.2. The van der Waals surface area contributed by atoms with E-state index in [2.05, 4.69) is 10.3 Å². The van der Waals surface area contributed by atoms with Crippen LogP contribution in [0.1, 0.15) is 13.8 Å². The average Bonchev–Trinajstić information content (AvgIpc) is 2.72. The van der Waals surface area contributed by atoms with E-state index in [4.69, 9.17) is 4.74 Å². The van der Waals surface area contributed by atoms with E-state index < -0.39 is 5.97 Å². The Morgan fingerprint density at radius 3 is 2.54 bits per heavy atom. The lowest BCUT2D eigenvalue weighted by Crippen LogP contribution is -2.53. The van der Waals surface area contributed by atoms with Gasteiger partial charge in [-0.25, -0.2) is 9.78 Å². The van der Waals surface area contributed by atoms with Crippen molar-refractivity contribution in [2.24, 2.45) is 0 Å². The SMILES string of the molecule is CCOC(=O)CNC(=O)N1CCN(c2nc3ccccc3n(CC)c2=O)CC1. The number of urea groups is 1. The van der Waals surface area contributed by atoms with Gasteiger partial charge in [0.15, 0.2) is 5.82 Å². The fraction of sp³-hybridized carbons (Fsp3) is 0.474. The number of anilines is 1. The van der Waals surface area contributed by atoms with Gasteiger partial charge in [-0.1, -0.05) is 12.1 Å². The molecule has 9 heteroatoms. The highest BCUT2D eigenvalue weighted by atomic mass is 16.5. The molecule has 0 atom stereocenters. The monoisotopic (exact) mass is 387 g/mol. The summed E-state index contributed by atoms with van der Waals surface area (Å²) in [5.74, 6) is -0.0536. The zero-order valence-corrected chi connectivity index (χ0v) is 16.2. The molecular formula is C19H25N5O4. The maximum Gasteiger partial charge on any atom is 0.325 e. The van der Waals surface area contributed by atoms with E-state index in [1.165, 1.54) is 0 Å². The molecule has 0 aliphatic carbocycles. The molecule has 1 aromatic carbocycles. The molecule has 28 heavy (non-hydrogen) atoms. The first-order chi connectivity index (χ1) is 13.5. The van der Waals surface area contributed by atoms with E-state index >= 15 is 0 Å². The van der Waals surface area contributed by atoms with Gasteiger partial charge >= 0.3 is 12.0 Å². The minimum Gasteiger partial charge on any atom is -0.465 e. The van der Waals surface area contributed by atoms with Crippen LogP contribution >= 0.6 is 0 Å². The highest BCUT2D eigenvalue weighted by Crippen LogP contribution is 2.16. The van der Waals surface area contributed by atoms with Crippen molar-refractivity contribution in [2.45, 2.75) is 20.4 Å². The Morgan fingerprint density at radius 2 is 1.86 bits per heavy atom. The van der Waals surface area contributed by atoms with Crippen molar-refractivity contribution >= 4 is 28.9 Å². The number of carbonyl (C=O) groups excluding carboxylic acids is 2. The maximum atomic E-state index is 12.9. The Labute approximate surface area is 162 Å². The van der Waals surface area contributed by atoms with Crippen LogP contribution in [0, 0.1) is 0 Å². The van der Waals surface area contributed by atoms with Crippen LogP contribution in [0.2, 0.25) is 0 Å². The smallest absolute Gasteiger partial charge is 0.325 e. The molecule has 3 rings (SSSR count). The normalized spacial score (nSPS) is 14.2. The predicted octanol–water partition coefficient (Wildman–Crippen LogP) is 0.811. The second-order valence-electron chi connectivity index (χ2n) is 6.41. The second-order valence-corrected chi connectivity index (χ2v) is 6.41. The summed E-state index contributed by atoms with van der Waals surface area (Å²) >= 11 is 0. The number of esters is 1. The minimum absolute atomic E-state index is 0.124. The second kappa shape index (κ2) is 8.73.